The molecule has 7 nitrogen and oxygen atoms in total. The minimum Gasteiger partial charge on any atom is -0.495 e. The first-order valence-electron chi connectivity index (χ1n) is 13.5. The number of likely N-dealkylation sites (tertiary alicyclic amines) is 1. The Morgan fingerprint density at radius 2 is 1.98 bits per heavy atom. The predicted molar refractivity (Wildman–Crippen MR) is 159 cm³/mol. The molecule has 0 saturated carbocycles. The van der Waals surface area contributed by atoms with E-state index in [1.54, 1.807) is 36.4 Å². The lowest BCUT2D eigenvalue weighted by atomic mass is 10.0. The summed E-state index contributed by atoms with van der Waals surface area (Å²) >= 11 is 1.16. The Morgan fingerprint density at radius 3 is 2.69 bits per heavy atom. The highest BCUT2D eigenvalue weighted by atomic mass is 32.1. The number of nitrogens with one attached hydrogen (secondary N) is 3. The fourth-order valence-electron chi connectivity index (χ4n) is 4.87. The maximum absolute atomic E-state index is 14.7. The van der Waals surface area contributed by atoms with Crippen LogP contribution in [-0.4, -0.2) is 83.3 Å². The van der Waals surface area contributed by atoms with Gasteiger partial charge in [0.05, 0.1) is 59.2 Å². The topological polar surface area (TPSA) is 74.9 Å². The number of carbonyl (C=O) groups is 1. The Hall–Kier alpha value is -3.53. The Labute approximate surface area is 246 Å². The normalized spacial score (nSPS) is 17.4. The second-order valence-corrected chi connectivity index (χ2v) is 11.0. The van der Waals surface area contributed by atoms with Gasteiger partial charge in [0.1, 0.15) is 11.9 Å². The van der Waals surface area contributed by atoms with Crippen molar-refractivity contribution in [3.05, 3.63) is 52.4 Å². The van der Waals surface area contributed by atoms with Crippen LogP contribution < -0.4 is 20.7 Å². The van der Waals surface area contributed by atoms with Crippen molar-refractivity contribution in [2.24, 2.45) is 0 Å². The molecule has 1 saturated heterocycles. The molecule has 3 N–H and O–H groups in total. The van der Waals surface area contributed by atoms with Gasteiger partial charge in [-0.1, -0.05) is 30.0 Å². The number of para-hydroxylation sites is 1. The Balaban J connectivity index is 1.60. The molecule has 0 radical (unpaired) electrons. The van der Waals surface area contributed by atoms with Gasteiger partial charge in [0.2, 0.25) is 0 Å². The van der Waals surface area contributed by atoms with E-state index in [1.165, 1.54) is 14.2 Å². The second-order valence-electron chi connectivity index (χ2n) is 9.99. The summed E-state index contributed by atoms with van der Waals surface area (Å²) in [5.74, 6) is 5.91. The van der Waals surface area contributed by atoms with E-state index in [4.69, 9.17) is 9.47 Å². The van der Waals surface area contributed by atoms with Gasteiger partial charge in [-0.15, -0.1) is 11.3 Å². The third-order valence-electron chi connectivity index (χ3n) is 6.92. The van der Waals surface area contributed by atoms with Gasteiger partial charge in [-0.05, 0) is 42.6 Å². The minimum atomic E-state index is -4.44. The number of anilines is 2. The largest absolute Gasteiger partial charge is 0.495 e. The predicted octanol–water partition coefficient (Wildman–Crippen LogP) is 5.31. The van der Waals surface area contributed by atoms with Crippen molar-refractivity contribution in [2.75, 3.05) is 64.7 Å². The van der Waals surface area contributed by atoms with Crippen LogP contribution >= 0.6 is 11.3 Å². The summed E-state index contributed by atoms with van der Waals surface area (Å²) in [6, 6.07) is 9.67. The summed E-state index contributed by atoms with van der Waals surface area (Å²) in [7, 11) is 4.87. The fourth-order valence-corrected chi connectivity index (χ4v) is 6.04. The van der Waals surface area contributed by atoms with E-state index in [0.29, 0.717) is 58.9 Å². The molecule has 1 aliphatic heterocycles. The van der Waals surface area contributed by atoms with Crippen LogP contribution in [0.25, 0.3) is 10.1 Å². The average molecular weight is 607 g/mol. The molecular weight excluding hydrogens is 572 g/mol. The van der Waals surface area contributed by atoms with Gasteiger partial charge >= 0.3 is 6.18 Å². The Bertz CT molecular complexity index is 1450. The van der Waals surface area contributed by atoms with Crippen LogP contribution in [0.15, 0.2) is 36.4 Å². The van der Waals surface area contributed by atoms with Crippen LogP contribution in [0.5, 0.6) is 5.75 Å². The molecular formula is C30H34F4N4O3S. The number of fused-ring (bicyclic) bond motifs is 1. The summed E-state index contributed by atoms with van der Waals surface area (Å²) in [5.41, 5.74) is 1.45. The fraction of sp³-hybridized carbons (Fsp3) is 0.433. The smallest absolute Gasteiger partial charge is 0.393 e. The monoisotopic (exact) mass is 606 g/mol. The van der Waals surface area contributed by atoms with Gasteiger partial charge in [-0.2, -0.15) is 13.2 Å². The number of alkyl halides is 4. The van der Waals surface area contributed by atoms with Gasteiger partial charge in [0.25, 0.3) is 5.91 Å². The van der Waals surface area contributed by atoms with Crippen molar-refractivity contribution >= 4 is 38.7 Å². The van der Waals surface area contributed by atoms with Crippen molar-refractivity contribution < 1.29 is 31.8 Å². The van der Waals surface area contributed by atoms with Gasteiger partial charge in [0.15, 0.2) is 0 Å². The first-order valence-corrected chi connectivity index (χ1v) is 14.3. The molecule has 0 spiro atoms. The van der Waals surface area contributed by atoms with E-state index < -0.39 is 24.8 Å². The van der Waals surface area contributed by atoms with Crippen LogP contribution in [0.2, 0.25) is 0 Å². The summed E-state index contributed by atoms with van der Waals surface area (Å²) in [6.45, 7) is 1.74. The number of hydrogen-bond donors (Lipinski definition) is 3. The van der Waals surface area contributed by atoms with Crippen LogP contribution in [0.3, 0.4) is 0 Å². The molecule has 12 heteroatoms. The standard InChI is InChI=1S/C30H34F4N4O3S/c1-38-15-12-23(22(31)18-38)37-24-9-4-7-19-21(17-30(32,33)34)26(42-28(19)24)11-6-13-35-27-20(8-5-10-25(27)41-3)29(39)36-14-16-40-2/h4-5,7-10,22-23,35,37H,12-18H2,1-3H3,(H,36,39). The number of thiophene rings is 1. The molecule has 2 heterocycles. The summed E-state index contributed by atoms with van der Waals surface area (Å²) < 4.78 is 66.6. The van der Waals surface area contributed by atoms with E-state index >= 15 is 0 Å². The van der Waals surface area contributed by atoms with Crippen molar-refractivity contribution in [3.8, 4) is 17.6 Å². The summed E-state index contributed by atoms with van der Waals surface area (Å²) in [5, 5.41) is 9.53. The van der Waals surface area contributed by atoms with E-state index in [0.717, 1.165) is 17.9 Å². The molecule has 2 unspecified atom stereocenters. The van der Waals surface area contributed by atoms with Crippen LogP contribution in [-0.2, 0) is 11.2 Å². The minimum absolute atomic E-state index is 0.0443. The number of nitrogens with zero attached hydrogens (tertiary/aromatic N) is 1. The number of benzene rings is 2. The van der Waals surface area contributed by atoms with Gasteiger partial charge < -0.3 is 30.3 Å². The van der Waals surface area contributed by atoms with Gasteiger partial charge in [-0.3, -0.25) is 4.79 Å². The Morgan fingerprint density at radius 1 is 1.19 bits per heavy atom. The zero-order chi connectivity index (χ0) is 30.3. The Kier molecular flexibility index (Phi) is 10.5. The molecule has 1 fully saturated rings. The number of ether oxygens (including phenoxy) is 2. The number of piperidine rings is 1. The van der Waals surface area contributed by atoms with Crippen molar-refractivity contribution in [2.45, 2.75) is 31.2 Å². The molecule has 42 heavy (non-hydrogen) atoms. The average Bonchev–Trinajstić information content (AvgIpc) is 3.29. The van der Waals surface area contributed by atoms with Crippen LogP contribution in [0, 0.1) is 11.8 Å². The highest BCUT2D eigenvalue weighted by Crippen LogP contribution is 2.39. The van der Waals surface area contributed by atoms with Crippen molar-refractivity contribution in [3.63, 3.8) is 0 Å². The van der Waals surface area contributed by atoms with Gasteiger partial charge in [0, 0.05) is 26.7 Å². The number of halogens is 4. The van der Waals surface area contributed by atoms with E-state index in [1.807, 2.05) is 11.9 Å². The molecule has 2 aromatic carbocycles. The second kappa shape index (κ2) is 14.1. The third kappa shape index (κ3) is 7.85. The molecule has 4 rings (SSSR count). The zero-order valence-corrected chi connectivity index (χ0v) is 24.5. The molecule has 1 aromatic heterocycles. The van der Waals surface area contributed by atoms with Crippen molar-refractivity contribution in [1.82, 2.24) is 10.2 Å². The molecule has 1 amide bonds. The first kappa shape index (κ1) is 31.4. The molecule has 0 aliphatic carbocycles. The number of hydrogen-bond acceptors (Lipinski definition) is 7. The van der Waals surface area contributed by atoms with E-state index in [-0.39, 0.29) is 22.9 Å². The molecule has 3 aromatic rings. The highest BCUT2D eigenvalue weighted by Gasteiger charge is 2.32. The van der Waals surface area contributed by atoms with Crippen LogP contribution in [0.4, 0.5) is 28.9 Å². The number of amides is 1. The lowest BCUT2D eigenvalue weighted by molar-refractivity contribution is -0.126. The summed E-state index contributed by atoms with van der Waals surface area (Å²) in [6.07, 6.45) is -6.08. The molecule has 1 aliphatic rings. The SMILES string of the molecule is COCCNC(=O)c1cccc(OC)c1NCC#Cc1sc2c(NC3CCN(C)CC3F)cccc2c1CC(F)(F)F. The lowest BCUT2D eigenvalue weighted by Gasteiger charge is -2.33. The van der Waals surface area contributed by atoms with Crippen molar-refractivity contribution in [1.29, 1.82) is 0 Å². The van der Waals surface area contributed by atoms with E-state index in [9.17, 15) is 22.4 Å². The highest BCUT2D eigenvalue weighted by molar-refractivity contribution is 7.20. The lowest BCUT2D eigenvalue weighted by Crippen LogP contribution is -2.46. The summed E-state index contributed by atoms with van der Waals surface area (Å²) in [4.78, 5) is 14.9. The number of carbonyl (C=O) groups excluding carboxylic acids is 1. The number of methoxy groups -OCH3 is 2. The number of rotatable bonds is 10. The quantitative estimate of drug-likeness (QED) is 0.165. The molecule has 2 atom stereocenters. The van der Waals surface area contributed by atoms with Gasteiger partial charge in [-0.25, -0.2) is 4.39 Å². The third-order valence-corrected chi connectivity index (χ3v) is 8.12. The first-order chi connectivity index (χ1) is 20.1. The maximum Gasteiger partial charge on any atom is 0.393 e. The van der Waals surface area contributed by atoms with Crippen LogP contribution in [0.1, 0.15) is 27.2 Å². The molecule has 226 valence electrons. The zero-order valence-electron chi connectivity index (χ0n) is 23.7. The molecule has 0 bridgehead atoms. The van der Waals surface area contributed by atoms with E-state index in [2.05, 4.69) is 27.8 Å². The maximum atomic E-state index is 14.7.